The summed E-state index contributed by atoms with van der Waals surface area (Å²) >= 11 is 0. The first-order chi connectivity index (χ1) is 14.5. The molecule has 4 rings (SSSR count). The summed E-state index contributed by atoms with van der Waals surface area (Å²) in [5.74, 6) is 2.56. The molecule has 0 saturated heterocycles. The molecule has 2 aromatic carbocycles. The molecule has 30 heavy (non-hydrogen) atoms. The predicted octanol–water partition coefficient (Wildman–Crippen LogP) is 7.97. The molecule has 2 aliphatic carbocycles. The van der Waals surface area contributed by atoms with Gasteiger partial charge in [-0.1, -0.05) is 36.4 Å². The number of hydrogen-bond donors (Lipinski definition) is 0. The molecule has 0 aromatic heterocycles. The molecular formula is C26H29F3O. The summed E-state index contributed by atoms with van der Waals surface area (Å²) < 4.78 is 43.9. The highest BCUT2D eigenvalue weighted by atomic mass is 19.3. The Bertz CT molecular complexity index is 874. The van der Waals surface area contributed by atoms with Gasteiger partial charge in [-0.15, -0.1) is 0 Å². The van der Waals surface area contributed by atoms with Gasteiger partial charge in [-0.3, -0.25) is 0 Å². The summed E-state index contributed by atoms with van der Waals surface area (Å²) in [4.78, 5) is 0. The van der Waals surface area contributed by atoms with E-state index < -0.39 is 6.61 Å². The van der Waals surface area contributed by atoms with Crippen molar-refractivity contribution in [1.82, 2.24) is 0 Å². The zero-order valence-electron chi connectivity index (χ0n) is 17.4. The van der Waals surface area contributed by atoms with Crippen LogP contribution in [0.25, 0.3) is 11.1 Å². The molecule has 2 fully saturated rings. The summed E-state index contributed by atoms with van der Waals surface area (Å²) in [5.41, 5.74) is 2.23. The minimum Gasteiger partial charge on any atom is -0.435 e. The van der Waals surface area contributed by atoms with Gasteiger partial charge < -0.3 is 4.74 Å². The van der Waals surface area contributed by atoms with Crippen molar-refractivity contribution in [2.45, 2.75) is 58.0 Å². The Labute approximate surface area is 177 Å². The molecule has 0 aliphatic heterocycles. The average molecular weight is 415 g/mol. The van der Waals surface area contributed by atoms with Crippen molar-refractivity contribution in [3.8, 4) is 16.9 Å². The van der Waals surface area contributed by atoms with Crippen molar-refractivity contribution >= 4 is 0 Å². The quantitative estimate of drug-likeness (QED) is 0.451. The molecule has 0 bridgehead atoms. The van der Waals surface area contributed by atoms with Gasteiger partial charge in [0.1, 0.15) is 11.6 Å². The largest absolute Gasteiger partial charge is 0.435 e. The maximum Gasteiger partial charge on any atom is 0.387 e. The minimum absolute atomic E-state index is 0.0756. The van der Waals surface area contributed by atoms with Crippen LogP contribution in [0.3, 0.4) is 0 Å². The van der Waals surface area contributed by atoms with Crippen LogP contribution in [0.15, 0.2) is 54.6 Å². The Morgan fingerprint density at radius 1 is 0.933 bits per heavy atom. The highest BCUT2D eigenvalue weighted by Crippen LogP contribution is 2.48. The van der Waals surface area contributed by atoms with Gasteiger partial charge in [-0.2, -0.15) is 8.78 Å². The standard InChI is InChI=1S/C26H29F3O/c1-2-3-17-4-5-20-15-21(7-6-19(20)14-17)22-10-13-24(25(27)16-22)18-8-11-23(12-9-18)30-26(28)29/h2-3,8-13,16-17,19-21,26H,4-7,14-15H2,1H3/b3-2+. The van der Waals surface area contributed by atoms with Crippen LogP contribution in [0.5, 0.6) is 5.75 Å². The van der Waals surface area contributed by atoms with E-state index in [0.717, 1.165) is 36.2 Å². The zero-order valence-corrected chi connectivity index (χ0v) is 17.4. The molecular weight excluding hydrogens is 385 g/mol. The smallest absolute Gasteiger partial charge is 0.387 e. The molecule has 4 unspecified atom stereocenters. The lowest BCUT2D eigenvalue weighted by Crippen LogP contribution is -2.30. The van der Waals surface area contributed by atoms with Crippen LogP contribution in [0.4, 0.5) is 13.2 Å². The van der Waals surface area contributed by atoms with Gasteiger partial charge >= 0.3 is 6.61 Å². The van der Waals surface area contributed by atoms with Gasteiger partial charge in [0.15, 0.2) is 0 Å². The number of allylic oxidation sites excluding steroid dienone is 2. The number of fused-ring (bicyclic) bond motifs is 1. The lowest BCUT2D eigenvalue weighted by molar-refractivity contribution is -0.0498. The number of ether oxygens (including phenoxy) is 1. The second kappa shape index (κ2) is 9.28. The van der Waals surface area contributed by atoms with E-state index in [2.05, 4.69) is 23.8 Å². The molecule has 0 spiro atoms. The molecule has 0 N–H and O–H groups in total. The molecule has 4 atom stereocenters. The second-order valence-corrected chi connectivity index (χ2v) is 8.77. The Balaban J connectivity index is 1.44. The average Bonchev–Trinajstić information content (AvgIpc) is 2.74. The lowest BCUT2D eigenvalue weighted by atomic mass is 9.64. The Kier molecular flexibility index (Phi) is 6.50. The van der Waals surface area contributed by atoms with Crippen LogP contribution in [0.1, 0.15) is 56.9 Å². The van der Waals surface area contributed by atoms with Crippen LogP contribution in [0.2, 0.25) is 0 Å². The molecule has 0 radical (unpaired) electrons. The Morgan fingerprint density at radius 2 is 1.67 bits per heavy atom. The van der Waals surface area contributed by atoms with Crippen LogP contribution >= 0.6 is 0 Å². The summed E-state index contributed by atoms with van der Waals surface area (Å²) in [5, 5.41) is 0. The van der Waals surface area contributed by atoms with Crippen LogP contribution in [-0.2, 0) is 0 Å². The molecule has 4 heteroatoms. The van der Waals surface area contributed by atoms with Crippen molar-refractivity contribution in [2.75, 3.05) is 0 Å². The number of halogens is 3. The van der Waals surface area contributed by atoms with Gasteiger partial charge in [0.05, 0.1) is 0 Å². The normalized spacial score (nSPS) is 26.7. The fourth-order valence-corrected chi connectivity index (χ4v) is 5.51. The predicted molar refractivity (Wildman–Crippen MR) is 114 cm³/mol. The third-order valence-corrected chi connectivity index (χ3v) is 6.97. The number of hydrogen-bond acceptors (Lipinski definition) is 1. The topological polar surface area (TPSA) is 9.23 Å². The maximum absolute atomic E-state index is 14.9. The summed E-state index contributed by atoms with van der Waals surface area (Å²) in [7, 11) is 0. The van der Waals surface area contributed by atoms with Crippen LogP contribution < -0.4 is 4.74 Å². The van der Waals surface area contributed by atoms with Crippen LogP contribution in [-0.4, -0.2) is 6.61 Å². The monoisotopic (exact) mass is 414 g/mol. The highest BCUT2D eigenvalue weighted by Gasteiger charge is 2.35. The molecule has 2 aromatic rings. The zero-order chi connectivity index (χ0) is 21.1. The molecule has 0 heterocycles. The highest BCUT2D eigenvalue weighted by molar-refractivity contribution is 5.65. The fraction of sp³-hybridized carbons (Fsp3) is 0.462. The first-order valence-corrected chi connectivity index (χ1v) is 11.0. The van der Waals surface area contributed by atoms with Gasteiger partial charge in [0.2, 0.25) is 0 Å². The van der Waals surface area contributed by atoms with Gasteiger partial charge in [0, 0.05) is 5.56 Å². The third-order valence-electron chi connectivity index (χ3n) is 6.97. The summed E-state index contributed by atoms with van der Waals surface area (Å²) in [6.45, 7) is -0.757. The molecule has 0 amide bonds. The summed E-state index contributed by atoms with van der Waals surface area (Å²) in [6, 6.07) is 11.7. The molecule has 2 saturated carbocycles. The summed E-state index contributed by atoms with van der Waals surface area (Å²) in [6.07, 6.45) is 11.9. The van der Waals surface area contributed by atoms with Gasteiger partial charge in [-0.25, -0.2) is 4.39 Å². The van der Waals surface area contributed by atoms with Crippen molar-refractivity contribution in [3.05, 3.63) is 66.0 Å². The van der Waals surface area contributed by atoms with E-state index in [1.54, 1.807) is 18.2 Å². The van der Waals surface area contributed by atoms with E-state index >= 15 is 0 Å². The lowest BCUT2D eigenvalue weighted by Gasteiger charge is -2.41. The van der Waals surface area contributed by atoms with E-state index in [0.29, 0.717) is 17.0 Å². The molecule has 160 valence electrons. The molecule has 1 nitrogen and oxygen atoms in total. The first kappa shape index (κ1) is 21.0. The maximum atomic E-state index is 14.9. The van der Waals surface area contributed by atoms with Crippen molar-refractivity contribution < 1.29 is 17.9 Å². The minimum atomic E-state index is -2.86. The van der Waals surface area contributed by atoms with E-state index in [1.807, 2.05) is 12.1 Å². The van der Waals surface area contributed by atoms with E-state index in [4.69, 9.17) is 0 Å². The molecule has 2 aliphatic rings. The van der Waals surface area contributed by atoms with Crippen molar-refractivity contribution in [2.24, 2.45) is 17.8 Å². The SMILES string of the molecule is C/C=C/C1CCC2CC(c3ccc(-c4ccc(OC(F)F)cc4)c(F)c3)CCC2C1. The third kappa shape index (κ3) is 4.74. The van der Waals surface area contributed by atoms with Crippen molar-refractivity contribution in [1.29, 1.82) is 0 Å². The Hall–Kier alpha value is -2.23. The number of rotatable bonds is 5. The first-order valence-electron chi connectivity index (χ1n) is 11.0. The Morgan fingerprint density at radius 3 is 2.37 bits per heavy atom. The van der Waals surface area contributed by atoms with Crippen molar-refractivity contribution in [3.63, 3.8) is 0 Å². The van der Waals surface area contributed by atoms with Crippen LogP contribution in [0, 0.1) is 23.6 Å². The van der Waals surface area contributed by atoms with E-state index in [1.165, 1.54) is 37.8 Å². The number of benzene rings is 2. The number of alkyl halides is 2. The van der Waals surface area contributed by atoms with Gasteiger partial charge in [-0.05, 0) is 98.4 Å². The van der Waals surface area contributed by atoms with E-state index in [-0.39, 0.29) is 11.6 Å². The van der Waals surface area contributed by atoms with Gasteiger partial charge in [0.25, 0.3) is 0 Å². The fourth-order valence-electron chi connectivity index (χ4n) is 5.51. The van der Waals surface area contributed by atoms with E-state index in [9.17, 15) is 13.2 Å². The second-order valence-electron chi connectivity index (χ2n) is 8.77.